The molecule has 3 fully saturated rings. The van der Waals surface area contributed by atoms with Gasteiger partial charge in [-0.3, -0.25) is 9.59 Å². The molecule has 2 amide bonds. The van der Waals surface area contributed by atoms with Gasteiger partial charge in [0.25, 0.3) is 5.91 Å². The molecule has 3 N–H and O–H groups in total. The van der Waals surface area contributed by atoms with E-state index in [1.165, 1.54) is 0 Å². The summed E-state index contributed by atoms with van der Waals surface area (Å²) in [5.74, 6) is -1.89. The van der Waals surface area contributed by atoms with Crippen LogP contribution in [0, 0.1) is 5.92 Å². The number of anilines is 1. The SMILES string of the molecule is CC(O)(C(=O)N1C2CC(C[C@@H]2O)[C@@H]1C(=O)Nc1ccc2oc(C3CC3)nc2c1)C(F)(F)F. The summed E-state index contributed by atoms with van der Waals surface area (Å²) in [6, 6.07) is 2.63. The van der Waals surface area contributed by atoms with Gasteiger partial charge in [-0.05, 0) is 56.7 Å². The van der Waals surface area contributed by atoms with Gasteiger partial charge in [0, 0.05) is 11.6 Å². The molecule has 0 radical (unpaired) electrons. The number of piperidine rings is 1. The van der Waals surface area contributed by atoms with Gasteiger partial charge in [0.15, 0.2) is 11.5 Å². The normalized spacial score (nSPS) is 29.4. The van der Waals surface area contributed by atoms with E-state index in [4.69, 9.17) is 4.42 Å². The Morgan fingerprint density at radius 2 is 1.97 bits per heavy atom. The zero-order valence-corrected chi connectivity index (χ0v) is 17.1. The number of hydrogen-bond acceptors (Lipinski definition) is 6. The van der Waals surface area contributed by atoms with Crippen molar-refractivity contribution in [3.05, 3.63) is 24.1 Å². The van der Waals surface area contributed by atoms with Crippen LogP contribution in [0.5, 0.6) is 0 Å². The maximum Gasteiger partial charge on any atom is 0.426 e. The molecule has 8 nitrogen and oxygen atoms in total. The molecule has 11 heteroatoms. The first-order valence-corrected chi connectivity index (χ1v) is 10.5. The third kappa shape index (κ3) is 3.25. The number of hydrogen-bond donors (Lipinski definition) is 3. The lowest BCUT2D eigenvalue weighted by atomic mass is 9.94. The Morgan fingerprint density at radius 1 is 1.25 bits per heavy atom. The molecule has 2 aromatic rings. The first-order chi connectivity index (χ1) is 15.0. The van der Waals surface area contributed by atoms with E-state index in [1.54, 1.807) is 18.2 Å². The Labute approximate surface area is 180 Å². The van der Waals surface area contributed by atoms with Gasteiger partial charge < -0.3 is 24.8 Å². The molecular formula is C21H22F3N3O5. The second-order valence-corrected chi connectivity index (χ2v) is 9.09. The average molecular weight is 453 g/mol. The Hall–Kier alpha value is -2.66. The molecule has 1 aromatic heterocycles. The minimum atomic E-state index is -5.23. The minimum absolute atomic E-state index is 0.187. The molecule has 172 valence electrons. The highest BCUT2D eigenvalue weighted by Crippen LogP contribution is 2.46. The first-order valence-electron chi connectivity index (χ1n) is 10.5. The Balaban J connectivity index is 1.40. The van der Waals surface area contributed by atoms with Crippen molar-refractivity contribution in [2.45, 2.75) is 68.5 Å². The van der Waals surface area contributed by atoms with Crippen LogP contribution in [0.25, 0.3) is 11.1 Å². The predicted octanol–water partition coefficient (Wildman–Crippen LogP) is 2.31. The fourth-order valence-corrected chi connectivity index (χ4v) is 4.76. The number of carbonyl (C=O) groups is 2. The standard InChI is InChI=1S/C21H22F3N3O5/c1-20(31,21(22,23)24)19(30)27-13-6-10(7-14(13)28)16(27)17(29)25-11-4-5-15-12(8-11)26-18(32-15)9-2-3-9/h4-5,8-10,13-14,16,28,31H,2-3,6-7H2,1H3,(H,25,29)/t10?,13?,14-,16+,20?/m0/s1. The summed E-state index contributed by atoms with van der Waals surface area (Å²) in [7, 11) is 0. The quantitative estimate of drug-likeness (QED) is 0.654. The molecule has 2 aliphatic carbocycles. The number of aliphatic hydroxyl groups excluding tert-OH is 1. The number of rotatable bonds is 4. The molecular weight excluding hydrogens is 431 g/mol. The summed E-state index contributed by atoms with van der Waals surface area (Å²) >= 11 is 0. The van der Waals surface area contributed by atoms with E-state index in [0.29, 0.717) is 40.4 Å². The number of likely N-dealkylation sites (tertiary alicyclic amines) is 1. The maximum atomic E-state index is 13.3. The van der Waals surface area contributed by atoms with Crippen LogP contribution in [0.15, 0.2) is 22.6 Å². The third-order valence-corrected chi connectivity index (χ3v) is 6.71. The van der Waals surface area contributed by atoms with E-state index in [1.807, 2.05) is 0 Å². The molecule has 2 bridgehead atoms. The number of fused-ring (bicyclic) bond motifs is 3. The molecule has 0 spiro atoms. The van der Waals surface area contributed by atoms with Crippen molar-refractivity contribution in [1.82, 2.24) is 9.88 Å². The highest BCUT2D eigenvalue weighted by molar-refractivity contribution is 6.00. The second kappa shape index (κ2) is 6.92. The highest BCUT2D eigenvalue weighted by atomic mass is 19.4. The summed E-state index contributed by atoms with van der Waals surface area (Å²) in [6.07, 6.45) is -3.88. The van der Waals surface area contributed by atoms with Gasteiger partial charge in [0.1, 0.15) is 11.6 Å². The fraction of sp³-hybridized carbons (Fsp3) is 0.571. The van der Waals surface area contributed by atoms with E-state index in [2.05, 4.69) is 10.3 Å². The van der Waals surface area contributed by atoms with Crippen LogP contribution >= 0.6 is 0 Å². The Morgan fingerprint density at radius 3 is 2.62 bits per heavy atom. The summed E-state index contributed by atoms with van der Waals surface area (Å²) < 4.78 is 45.5. The van der Waals surface area contributed by atoms with Gasteiger partial charge in [-0.2, -0.15) is 13.2 Å². The first kappa shape index (κ1) is 21.2. The van der Waals surface area contributed by atoms with Crippen molar-refractivity contribution < 1.29 is 37.4 Å². The van der Waals surface area contributed by atoms with Crippen LogP contribution < -0.4 is 5.32 Å². The van der Waals surface area contributed by atoms with Crippen LogP contribution in [-0.2, 0) is 9.59 Å². The summed E-state index contributed by atoms with van der Waals surface area (Å²) in [4.78, 5) is 30.9. The van der Waals surface area contributed by atoms with Gasteiger partial charge in [-0.1, -0.05) is 0 Å². The van der Waals surface area contributed by atoms with Gasteiger partial charge in [0.2, 0.25) is 11.5 Å². The molecule has 1 aliphatic heterocycles. The number of aliphatic hydroxyl groups is 2. The van der Waals surface area contributed by atoms with Crippen LogP contribution in [-0.4, -0.2) is 61.9 Å². The van der Waals surface area contributed by atoms with E-state index >= 15 is 0 Å². The van der Waals surface area contributed by atoms with Gasteiger partial charge in [-0.15, -0.1) is 0 Å². The van der Waals surface area contributed by atoms with Gasteiger partial charge in [0.05, 0.1) is 12.1 Å². The topological polar surface area (TPSA) is 116 Å². The van der Waals surface area contributed by atoms with E-state index in [0.717, 1.165) is 12.8 Å². The Kier molecular flexibility index (Phi) is 4.58. The van der Waals surface area contributed by atoms with Crippen LogP contribution in [0.4, 0.5) is 18.9 Å². The predicted molar refractivity (Wildman–Crippen MR) is 104 cm³/mol. The molecule has 5 rings (SSSR count). The van der Waals surface area contributed by atoms with Crippen LogP contribution in [0.3, 0.4) is 0 Å². The second-order valence-electron chi connectivity index (χ2n) is 9.09. The molecule has 32 heavy (non-hydrogen) atoms. The van der Waals surface area contributed by atoms with Crippen molar-refractivity contribution >= 4 is 28.6 Å². The summed E-state index contributed by atoms with van der Waals surface area (Å²) in [5.41, 5.74) is -2.21. The zero-order chi connectivity index (χ0) is 23.0. The molecule has 3 aliphatic rings. The number of oxazole rings is 1. The zero-order valence-electron chi connectivity index (χ0n) is 17.1. The number of aromatic nitrogens is 1. The number of nitrogens with zero attached hydrogens (tertiary/aromatic N) is 2. The molecule has 1 saturated heterocycles. The minimum Gasteiger partial charge on any atom is -0.440 e. The third-order valence-electron chi connectivity index (χ3n) is 6.71. The number of nitrogens with one attached hydrogen (secondary N) is 1. The number of carbonyl (C=O) groups excluding carboxylic acids is 2. The summed E-state index contributed by atoms with van der Waals surface area (Å²) in [5, 5.41) is 22.7. The smallest absolute Gasteiger partial charge is 0.426 e. The lowest BCUT2D eigenvalue weighted by Gasteiger charge is -2.40. The van der Waals surface area contributed by atoms with E-state index < -0.39 is 47.7 Å². The van der Waals surface area contributed by atoms with Crippen molar-refractivity contribution in [3.8, 4) is 0 Å². The van der Waals surface area contributed by atoms with Crippen LogP contribution in [0.1, 0.15) is 44.4 Å². The van der Waals surface area contributed by atoms with E-state index in [9.17, 15) is 33.0 Å². The number of benzene rings is 1. The van der Waals surface area contributed by atoms with Gasteiger partial charge >= 0.3 is 6.18 Å². The van der Waals surface area contributed by atoms with Crippen molar-refractivity contribution in [1.29, 1.82) is 0 Å². The number of amides is 2. The van der Waals surface area contributed by atoms with Crippen molar-refractivity contribution in [2.75, 3.05) is 5.32 Å². The fourth-order valence-electron chi connectivity index (χ4n) is 4.76. The highest BCUT2D eigenvalue weighted by Gasteiger charge is 2.63. The molecule has 3 unspecified atom stereocenters. The van der Waals surface area contributed by atoms with Crippen molar-refractivity contribution in [2.24, 2.45) is 5.92 Å². The number of alkyl halides is 3. The molecule has 2 saturated carbocycles. The van der Waals surface area contributed by atoms with Crippen LogP contribution in [0.2, 0.25) is 0 Å². The number of halogens is 3. The lowest BCUT2D eigenvalue weighted by Crippen LogP contribution is -2.63. The monoisotopic (exact) mass is 453 g/mol. The average Bonchev–Trinajstić information content (AvgIpc) is 3.21. The van der Waals surface area contributed by atoms with Crippen molar-refractivity contribution in [3.63, 3.8) is 0 Å². The molecule has 5 atom stereocenters. The lowest BCUT2D eigenvalue weighted by molar-refractivity contribution is -0.252. The maximum absolute atomic E-state index is 13.3. The van der Waals surface area contributed by atoms with E-state index in [-0.39, 0.29) is 12.8 Å². The molecule has 2 heterocycles. The Bertz CT molecular complexity index is 1090. The largest absolute Gasteiger partial charge is 0.440 e. The molecule has 1 aromatic carbocycles. The summed E-state index contributed by atoms with van der Waals surface area (Å²) in [6.45, 7) is 0.360. The van der Waals surface area contributed by atoms with Gasteiger partial charge in [-0.25, -0.2) is 4.98 Å².